The number of phenols is 1. The van der Waals surface area contributed by atoms with Gasteiger partial charge in [-0.15, -0.1) is 0 Å². The summed E-state index contributed by atoms with van der Waals surface area (Å²) in [7, 11) is 2.93. The molecule has 0 bridgehead atoms. The molecule has 0 aliphatic carbocycles. The van der Waals surface area contributed by atoms with E-state index in [1.54, 1.807) is 32.0 Å². The first-order chi connectivity index (χ1) is 16.0. The third-order valence-electron chi connectivity index (χ3n) is 5.20. The Morgan fingerprint density at radius 2 is 1.85 bits per heavy atom. The van der Waals surface area contributed by atoms with Crippen LogP contribution in [0.3, 0.4) is 0 Å². The number of nitrogens with one attached hydrogen (secondary N) is 1. The summed E-state index contributed by atoms with van der Waals surface area (Å²) >= 11 is 0. The second kappa shape index (κ2) is 9.90. The zero-order valence-electron chi connectivity index (χ0n) is 19.3. The molecule has 10 nitrogen and oxygen atoms in total. The van der Waals surface area contributed by atoms with Gasteiger partial charge in [0.1, 0.15) is 28.4 Å². The largest absolute Gasteiger partial charge is 0.507 e. The number of aromatic hydroxyl groups is 1. The van der Waals surface area contributed by atoms with Gasteiger partial charge >= 0.3 is 5.97 Å². The number of ketones is 1. The molecule has 1 aliphatic rings. The summed E-state index contributed by atoms with van der Waals surface area (Å²) in [5.74, 6) is -1.10. The zero-order valence-corrected chi connectivity index (χ0v) is 19.3. The number of methoxy groups -OCH3 is 2. The second-order valence-corrected chi connectivity index (χ2v) is 8.40. The number of carboxylic acid groups (broad SMARTS) is 1. The summed E-state index contributed by atoms with van der Waals surface area (Å²) in [5.41, 5.74) is -0.157. The number of phenolic OH excluding ortho intramolecular Hbond substituents is 1. The van der Waals surface area contributed by atoms with Crippen molar-refractivity contribution in [2.75, 3.05) is 20.8 Å². The van der Waals surface area contributed by atoms with E-state index < -0.39 is 30.1 Å². The number of hydrogen-bond donors (Lipinski definition) is 3. The highest BCUT2D eigenvalue weighted by molar-refractivity contribution is 6.03. The Labute approximate surface area is 196 Å². The predicted octanol–water partition coefficient (Wildman–Crippen LogP) is 2.86. The number of aliphatic carboxylic acids is 1. The summed E-state index contributed by atoms with van der Waals surface area (Å²) in [4.78, 5) is 36.2. The summed E-state index contributed by atoms with van der Waals surface area (Å²) in [5, 5.41) is 22.2. The standard InChI is InChI=1S/C24H27NO9/c1-24(2)11-17(27)23-16(26)8-14(9-20(23)34-24)33-12-21(28)25-15(10-22(29)30)13-5-6-18(31-3)19(7-13)32-4/h5-9,15,26H,10-12H2,1-4H3,(H,25,28)(H,29,30)/t15-/m1/s1. The number of benzene rings is 2. The molecule has 182 valence electrons. The van der Waals surface area contributed by atoms with Gasteiger partial charge in [0.15, 0.2) is 23.9 Å². The minimum absolute atomic E-state index is 0.0751. The number of ether oxygens (including phenoxy) is 4. The van der Waals surface area contributed by atoms with Gasteiger partial charge in [-0.05, 0) is 31.5 Å². The Morgan fingerprint density at radius 3 is 2.50 bits per heavy atom. The molecule has 0 spiro atoms. The lowest BCUT2D eigenvalue weighted by atomic mass is 9.92. The van der Waals surface area contributed by atoms with Crippen LogP contribution in [0.5, 0.6) is 28.7 Å². The van der Waals surface area contributed by atoms with Crippen molar-refractivity contribution in [1.82, 2.24) is 5.32 Å². The van der Waals surface area contributed by atoms with Crippen LogP contribution in [0, 0.1) is 0 Å². The fourth-order valence-corrected chi connectivity index (χ4v) is 3.71. The fourth-order valence-electron chi connectivity index (χ4n) is 3.71. The minimum Gasteiger partial charge on any atom is -0.507 e. The van der Waals surface area contributed by atoms with Gasteiger partial charge in [0.2, 0.25) is 0 Å². The van der Waals surface area contributed by atoms with Crippen molar-refractivity contribution in [3.05, 3.63) is 41.5 Å². The maximum Gasteiger partial charge on any atom is 0.305 e. The van der Waals surface area contributed by atoms with Crippen LogP contribution in [0.15, 0.2) is 30.3 Å². The number of hydrogen-bond acceptors (Lipinski definition) is 8. The fraction of sp³-hybridized carbons (Fsp3) is 0.375. The lowest BCUT2D eigenvalue weighted by Crippen LogP contribution is -2.36. The van der Waals surface area contributed by atoms with Crippen molar-refractivity contribution >= 4 is 17.7 Å². The Morgan fingerprint density at radius 1 is 1.15 bits per heavy atom. The zero-order chi connectivity index (χ0) is 25.0. The second-order valence-electron chi connectivity index (χ2n) is 8.40. The third kappa shape index (κ3) is 5.69. The average molecular weight is 473 g/mol. The topological polar surface area (TPSA) is 141 Å². The molecule has 2 aromatic rings. The monoisotopic (exact) mass is 473 g/mol. The molecular weight excluding hydrogens is 446 g/mol. The average Bonchev–Trinajstić information content (AvgIpc) is 2.75. The summed E-state index contributed by atoms with van der Waals surface area (Å²) in [6, 6.07) is 6.65. The molecule has 1 heterocycles. The van der Waals surface area contributed by atoms with Gasteiger partial charge in [0.05, 0.1) is 33.1 Å². The molecule has 0 aromatic heterocycles. The van der Waals surface area contributed by atoms with Gasteiger partial charge in [0.25, 0.3) is 5.91 Å². The molecule has 0 unspecified atom stereocenters. The van der Waals surface area contributed by atoms with Crippen LogP contribution in [0.4, 0.5) is 0 Å². The highest BCUT2D eigenvalue weighted by Crippen LogP contribution is 2.41. The summed E-state index contributed by atoms with van der Waals surface area (Å²) in [6.45, 7) is 3.05. The lowest BCUT2D eigenvalue weighted by molar-refractivity contribution is -0.137. The molecule has 0 saturated heterocycles. The highest BCUT2D eigenvalue weighted by atomic mass is 16.5. The van der Waals surface area contributed by atoms with Crippen molar-refractivity contribution in [2.24, 2.45) is 0 Å². The van der Waals surface area contributed by atoms with Crippen molar-refractivity contribution in [3.63, 3.8) is 0 Å². The molecule has 2 aromatic carbocycles. The quantitative estimate of drug-likeness (QED) is 0.501. The van der Waals surface area contributed by atoms with Crippen molar-refractivity contribution < 1.29 is 43.5 Å². The van der Waals surface area contributed by atoms with Gasteiger partial charge in [-0.3, -0.25) is 14.4 Å². The molecule has 34 heavy (non-hydrogen) atoms. The minimum atomic E-state index is -1.11. The van der Waals surface area contributed by atoms with E-state index in [9.17, 15) is 24.6 Å². The molecule has 1 aliphatic heterocycles. The number of rotatable bonds is 9. The van der Waals surface area contributed by atoms with E-state index in [0.29, 0.717) is 17.1 Å². The van der Waals surface area contributed by atoms with Gasteiger partial charge < -0.3 is 34.5 Å². The van der Waals surface area contributed by atoms with Crippen LogP contribution in [0.1, 0.15) is 48.7 Å². The van der Waals surface area contributed by atoms with Gasteiger partial charge in [-0.1, -0.05) is 6.07 Å². The van der Waals surface area contributed by atoms with E-state index in [4.69, 9.17) is 18.9 Å². The van der Waals surface area contributed by atoms with E-state index >= 15 is 0 Å². The predicted molar refractivity (Wildman–Crippen MR) is 120 cm³/mol. The van der Waals surface area contributed by atoms with Crippen molar-refractivity contribution in [2.45, 2.75) is 38.3 Å². The van der Waals surface area contributed by atoms with Crippen LogP contribution in [0.25, 0.3) is 0 Å². The van der Waals surface area contributed by atoms with Crippen LogP contribution < -0.4 is 24.3 Å². The first kappa shape index (κ1) is 24.7. The van der Waals surface area contributed by atoms with Crippen molar-refractivity contribution in [1.29, 1.82) is 0 Å². The highest BCUT2D eigenvalue weighted by Gasteiger charge is 2.35. The smallest absolute Gasteiger partial charge is 0.305 e. The van der Waals surface area contributed by atoms with Crippen LogP contribution in [-0.2, 0) is 9.59 Å². The molecule has 1 amide bonds. The van der Waals surface area contributed by atoms with E-state index in [-0.39, 0.29) is 41.4 Å². The first-order valence-corrected chi connectivity index (χ1v) is 10.5. The number of Topliss-reactive ketones (excluding diaryl/α,β-unsaturated/α-hetero) is 1. The van der Waals surface area contributed by atoms with E-state index in [2.05, 4.69) is 5.32 Å². The van der Waals surface area contributed by atoms with Crippen LogP contribution >= 0.6 is 0 Å². The Bertz CT molecular complexity index is 1110. The number of carbonyl (C=O) groups is 3. The van der Waals surface area contributed by atoms with Gasteiger partial charge in [-0.25, -0.2) is 0 Å². The number of carbonyl (C=O) groups excluding carboxylic acids is 2. The Kier molecular flexibility index (Phi) is 7.19. The first-order valence-electron chi connectivity index (χ1n) is 10.5. The number of carboxylic acids is 1. The lowest BCUT2D eigenvalue weighted by Gasteiger charge is -2.32. The van der Waals surface area contributed by atoms with Gasteiger partial charge in [0, 0.05) is 12.1 Å². The molecule has 3 rings (SSSR count). The maximum absolute atomic E-state index is 12.6. The van der Waals surface area contributed by atoms with E-state index in [1.807, 2.05) is 0 Å². The molecule has 10 heteroatoms. The molecular formula is C24H27NO9. The number of fused-ring (bicyclic) bond motifs is 1. The third-order valence-corrected chi connectivity index (χ3v) is 5.20. The van der Waals surface area contributed by atoms with Crippen LogP contribution in [0.2, 0.25) is 0 Å². The number of amides is 1. The maximum atomic E-state index is 12.6. The molecule has 0 saturated carbocycles. The molecule has 0 fully saturated rings. The normalized spacial score (nSPS) is 14.9. The van der Waals surface area contributed by atoms with E-state index in [0.717, 1.165) is 0 Å². The molecule has 0 radical (unpaired) electrons. The molecule has 1 atom stereocenters. The van der Waals surface area contributed by atoms with Gasteiger partial charge in [-0.2, -0.15) is 0 Å². The van der Waals surface area contributed by atoms with Crippen LogP contribution in [-0.4, -0.2) is 54.3 Å². The van der Waals surface area contributed by atoms with E-state index in [1.165, 1.54) is 26.4 Å². The Balaban J connectivity index is 1.73. The summed E-state index contributed by atoms with van der Waals surface area (Å²) < 4.78 is 21.7. The summed E-state index contributed by atoms with van der Waals surface area (Å²) in [6.07, 6.45) is -0.247. The SMILES string of the molecule is COc1ccc([C@@H](CC(=O)O)NC(=O)COc2cc(O)c3c(c2)OC(C)(C)CC3=O)cc1OC. The van der Waals surface area contributed by atoms with Crippen molar-refractivity contribution in [3.8, 4) is 28.7 Å². The molecule has 3 N–H and O–H groups in total. The Hall–Kier alpha value is -3.95.